The molecule has 0 unspecified atom stereocenters. The number of aromatic hydroxyl groups is 1. The Bertz CT molecular complexity index is 2750. The number of carbonyl (C=O) groups is 8. The van der Waals surface area contributed by atoms with Gasteiger partial charge >= 0.3 is 6.09 Å². The van der Waals surface area contributed by atoms with Crippen LogP contribution in [0.15, 0.2) is 103 Å². The zero-order chi connectivity index (χ0) is 50.6. The van der Waals surface area contributed by atoms with E-state index in [1.807, 2.05) is 54.6 Å². The smallest absolute Gasteiger partial charge is 0.407 e. The van der Waals surface area contributed by atoms with Gasteiger partial charge in [-0.2, -0.15) is 0 Å². The van der Waals surface area contributed by atoms with E-state index in [1.165, 1.54) is 31.3 Å². The largest absolute Gasteiger partial charge is 0.508 e. The number of thiazole rings is 1. The van der Waals surface area contributed by atoms with Gasteiger partial charge in [-0.05, 0) is 64.8 Å². The van der Waals surface area contributed by atoms with Crippen LogP contribution in [0.5, 0.6) is 5.75 Å². The highest BCUT2D eigenvalue weighted by atomic mass is 32.1. The van der Waals surface area contributed by atoms with Crippen molar-refractivity contribution in [3.63, 3.8) is 0 Å². The first-order valence-electron chi connectivity index (χ1n) is 23.8. The van der Waals surface area contributed by atoms with Gasteiger partial charge in [0.1, 0.15) is 18.4 Å². The number of ketones is 3. The van der Waals surface area contributed by atoms with Crippen LogP contribution in [0.3, 0.4) is 0 Å². The number of fused-ring (bicyclic) bond motifs is 7. The highest BCUT2D eigenvalue weighted by Crippen LogP contribution is 2.44. The molecule has 5 amide bonds. The van der Waals surface area contributed by atoms with Crippen LogP contribution in [0, 0.1) is 11.8 Å². The number of phenolic OH excluding ortho intramolecular Hbond substituents is 1. The van der Waals surface area contributed by atoms with E-state index in [2.05, 4.69) is 26.3 Å². The molecule has 71 heavy (non-hydrogen) atoms. The lowest BCUT2D eigenvalue weighted by Crippen LogP contribution is -2.49. The summed E-state index contributed by atoms with van der Waals surface area (Å²) in [6.45, 7) is 2.69. The number of benzene rings is 4. The molecule has 0 fully saturated rings. The van der Waals surface area contributed by atoms with Crippen LogP contribution in [0.25, 0.3) is 11.1 Å². The van der Waals surface area contributed by atoms with Crippen molar-refractivity contribution in [2.75, 3.05) is 13.2 Å². The van der Waals surface area contributed by atoms with E-state index in [0.29, 0.717) is 16.1 Å². The zero-order valence-corrected chi connectivity index (χ0v) is 40.4. The Morgan fingerprint density at radius 1 is 0.817 bits per heavy atom. The molecule has 2 heterocycles. The van der Waals surface area contributed by atoms with Crippen molar-refractivity contribution in [1.82, 2.24) is 26.3 Å². The molecule has 5 aromatic rings. The number of nitrogens with one attached hydrogen (secondary N) is 4. The number of alkyl carbamates (subject to hydrolysis) is 1. The van der Waals surface area contributed by atoms with Crippen molar-refractivity contribution in [2.24, 2.45) is 17.6 Å². The number of hydrogen-bond acceptors (Lipinski definition) is 12. The second-order valence-corrected chi connectivity index (χ2v) is 19.4. The number of carbonyl (C=O) groups excluding carboxylic acids is 8. The van der Waals surface area contributed by atoms with Crippen molar-refractivity contribution >= 4 is 58.4 Å². The van der Waals surface area contributed by atoms with Gasteiger partial charge in [-0.3, -0.25) is 33.6 Å². The van der Waals surface area contributed by atoms with Crippen LogP contribution in [-0.4, -0.2) is 88.4 Å². The number of rotatable bonds is 9. The number of amides is 5. The quantitative estimate of drug-likeness (QED) is 0.112. The first-order chi connectivity index (χ1) is 34.1. The number of phenols is 1. The molecule has 4 aromatic carbocycles. The van der Waals surface area contributed by atoms with Crippen molar-refractivity contribution in [3.05, 3.63) is 141 Å². The summed E-state index contributed by atoms with van der Waals surface area (Å²) in [6, 6.07) is 26.2. The fourth-order valence-corrected chi connectivity index (χ4v) is 9.87. The topological polar surface area (TPSA) is 253 Å². The predicted molar refractivity (Wildman–Crippen MR) is 265 cm³/mol. The average molecular weight is 983 g/mol. The molecule has 0 radical (unpaired) electrons. The maximum absolute atomic E-state index is 14.2. The van der Waals surface area contributed by atoms with Gasteiger partial charge in [-0.25, -0.2) is 9.78 Å². The summed E-state index contributed by atoms with van der Waals surface area (Å²) in [5, 5.41) is 22.3. The minimum absolute atomic E-state index is 0.00327. The van der Waals surface area contributed by atoms with Crippen molar-refractivity contribution in [1.29, 1.82) is 0 Å². The molecule has 0 saturated heterocycles. The Labute approximate surface area is 415 Å². The fraction of sp³-hybridized carbons (Fsp3) is 0.352. The van der Waals surface area contributed by atoms with Gasteiger partial charge in [0.15, 0.2) is 17.3 Å². The van der Waals surface area contributed by atoms with Crippen molar-refractivity contribution in [3.8, 4) is 16.9 Å². The van der Waals surface area contributed by atoms with E-state index in [4.69, 9.17) is 10.5 Å². The molecule has 17 heteroatoms. The molecule has 1 aliphatic carbocycles. The molecule has 7 N–H and O–H groups in total. The molecule has 0 spiro atoms. The van der Waals surface area contributed by atoms with Gasteiger partial charge in [-0.15, -0.1) is 11.3 Å². The molecule has 0 saturated carbocycles. The Morgan fingerprint density at radius 3 is 2.20 bits per heavy atom. The summed E-state index contributed by atoms with van der Waals surface area (Å²) >= 11 is 1.34. The monoisotopic (exact) mass is 982 g/mol. The minimum Gasteiger partial charge on any atom is -0.508 e. The van der Waals surface area contributed by atoms with Crippen LogP contribution in [0.1, 0.15) is 89.6 Å². The summed E-state index contributed by atoms with van der Waals surface area (Å²) in [6.07, 6.45) is 0.180. The first-order valence-corrected chi connectivity index (χ1v) is 24.6. The molecule has 2 aliphatic rings. The van der Waals surface area contributed by atoms with Gasteiger partial charge in [0.05, 0.1) is 17.1 Å². The molecule has 1 aliphatic heterocycles. The minimum atomic E-state index is -1.26. The van der Waals surface area contributed by atoms with Crippen LogP contribution < -0.4 is 27.0 Å². The molecule has 7 rings (SSSR count). The number of Topliss-reactive ketones (excluding diaryl/α,β-unsaturated/α-hetero) is 3. The third-order valence-corrected chi connectivity index (χ3v) is 14.0. The van der Waals surface area contributed by atoms with Crippen LogP contribution in [0.2, 0.25) is 0 Å². The molecular weight excluding hydrogens is 925 g/mol. The summed E-state index contributed by atoms with van der Waals surface area (Å²) in [4.78, 5) is 113. The predicted octanol–water partition coefficient (Wildman–Crippen LogP) is 5.19. The maximum atomic E-state index is 14.2. The molecule has 1 aromatic heterocycles. The summed E-state index contributed by atoms with van der Waals surface area (Å²) in [7, 11) is 0. The van der Waals surface area contributed by atoms with E-state index >= 15 is 0 Å². The van der Waals surface area contributed by atoms with Crippen molar-refractivity contribution in [2.45, 2.75) is 95.7 Å². The number of aryl methyl sites for hydroxylation is 1. The van der Waals surface area contributed by atoms with Gasteiger partial charge in [0, 0.05) is 80.3 Å². The highest BCUT2D eigenvalue weighted by Gasteiger charge is 2.32. The first kappa shape index (κ1) is 51.3. The van der Waals surface area contributed by atoms with Crippen LogP contribution in [-0.2, 0) is 64.0 Å². The van der Waals surface area contributed by atoms with Gasteiger partial charge in [-0.1, -0.05) is 97.9 Å². The lowest BCUT2D eigenvalue weighted by atomic mass is 9.91. The van der Waals surface area contributed by atoms with E-state index < -0.39 is 77.0 Å². The van der Waals surface area contributed by atoms with E-state index in [0.717, 1.165) is 32.7 Å². The number of ether oxygens (including phenoxy) is 1. The number of primary amides is 1. The van der Waals surface area contributed by atoms with Crippen LogP contribution >= 0.6 is 11.3 Å². The van der Waals surface area contributed by atoms with Gasteiger partial charge < -0.3 is 36.8 Å². The number of nitrogens with zero attached hydrogens (tertiary/aromatic N) is 1. The lowest BCUT2D eigenvalue weighted by molar-refractivity contribution is -0.133. The number of hydrogen-bond donors (Lipinski definition) is 6. The third kappa shape index (κ3) is 13.8. The Kier molecular flexibility index (Phi) is 17.2. The second-order valence-electron chi connectivity index (χ2n) is 18.2. The average Bonchev–Trinajstić information content (AvgIpc) is 3.95. The molecule has 4 bridgehead atoms. The van der Waals surface area contributed by atoms with Crippen molar-refractivity contribution < 1.29 is 48.2 Å². The molecule has 370 valence electrons. The highest BCUT2D eigenvalue weighted by molar-refractivity contribution is 7.11. The normalized spacial score (nSPS) is 20.1. The van der Waals surface area contributed by atoms with Gasteiger partial charge in [0.2, 0.25) is 23.6 Å². The standard InChI is InChI=1S/C54H58N6O10S/c1-31-22-47(63)43(60-54(69)70-30-42-40-14-8-6-12-38(40)39-13-7-9-15-41(39)42)25-34-16-17-46(62)35(24-34)26-37-28-57-51(71-37)21-20-49(65)56-29-44(59-50(66)19-18-45(61)32(2)58-53(31)68)48(64)27-36(52(55)67)23-33-10-4-3-5-11-33/h3-17,24,28,31-32,36,42-44,62H,18-23,25-27,29-30H2,1-2H3,(H2,55,67)(H,56,65)(H,58,68)(H,59,66)(H,60,69)/t31-,32+,36-,43+,44+/m1/s1. The summed E-state index contributed by atoms with van der Waals surface area (Å²) in [5.41, 5.74) is 11.8. The summed E-state index contributed by atoms with van der Waals surface area (Å²) in [5.74, 6) is -6.02. The Balaban J connectivity index is 1.07. The number of aromatic nitrogens is 1. The summed E-state index contributed by atoms with van der Waals surface area (Å²) < 4.78 is 5.82. The van der Waals surface area contributed by atoms with E-state index in [-0.39, 0.29) is 82.6 Å². The van der Waals surface area contributed by atoms with Crippen LogP contribution in [0.4, 0.5) is 4.79 Å². The van der Waals surface area contributed by atoms with Gasteiger partial charge in [0.25, 0.3) is 0 Å². The lowest BCUT2D eigenvalue weighted by Gasteiger charge is -2.22. The van der Waals surface area contributed by atoms with E-state index in [9.17, 15) is 43.5 Å². The maximum Gasteiger partial charge on any atom is 0.407 e. The molecular formula is C54H58N6O10S. The SMILES string of the molecule is C[C@@H]1CC(=O)[C@@H](NC(=O)OCC2c3ccccc3-c3ccccc32)Cc2ccc(O)c(c2)Cc2cnc(s2)CCC(=O)NC[C@@H](C(=O)C[C@@H](Cc2ccccc2)C(N)=O)NC(=O)CCC(=O)[C@H](C)NC1=O. The second kappa shape index (κ2) is 23.9. The fourth-order valence-electron chi connectivity index (χ4n) is 8.92. The number of nitrogens with two attached hydrogens (primary N) is 1. The zero-order valence-electron chi connectivity index (χ0n) is 39.6. The molecule has 5 atom stereocenters. The Hall–Kier alpha value is -7.53. The van der Waals surface area contributed by atoms with E-state index in [1.54, 1.807) is 42.6 Å². The third-order valence-electron chi connectivity index (χ3n) is 12.9. The Morgan fingerprint density at radius 2 is 1.49 bits per heavy atom. The molecule has 16 nitrogen and oxygen atoms in total.